The highest BCUT2D eigenvalue weighted by atomic mass is 32.2. The second-order valence-electron chi connectivity index (χ2n) is 6.63. The monoisotopic (exact) mass is 348 g/mol. The summed E-state index contributed by atoms with van der Waals surface area (Å²) in [6, 6.07) is 11.0. The quantitative estimate of drug-likeness (QED) is 0.676. The average Bonchev–Trinajstić information content (AvgIpc) is 2.48. The first-order valence-corrected chi connectivity index (χ1v) is 8.99. The molecule has 0 spiro atoms. The van der Waals surface area contributed by atoms with E-state index >= 15 is 0 Å². The topological polar surface area (TPSA) is 58.5 Å². The molecule has 2 aromatic rings. The molecule has 6 heteroatoms. The van der Waals surface area contributed by atoms with Gasteiger partial charge in [-0.25, -0.2) is 9.22 Å². The normalized spacial score (nSPS) is 12.5. The maximum Gasteiger partial charge on any atom is 0.276 e. The zero-order valence-electron chi connectivity index (χ0n) is 14.2. The third-order valence-electron chi connectivity index (χ3n) is 3.60. The number of hydrogen-bond acceptors (Lipinski definition) is 3. The van der Waals surface area contributed by atoms with E-state index in [-0.39, 0.29) is 16.1 Å². The van der Waals surface area contributed by atoms with Gasteiger partial charge >= 0.3 is 0 Å². The van der Waals surface area contributed by atoms with Gasteiger partial charge in [-0.3, -0.25) is 0 Å². The Balaban J connectivity index is 2.25. The summed E-state index contributed by atoms with van der Waals surface area (Å²) in [7, 11) is -3.77. The predicted octanol–water partition coefficient (Wildman–Crippen LogP) is 3.74. The molecule has 0 unspecified atom stereocenters. The Morgan fingerprint density at radius 2 is 1.71 bits per heavy atom. The van der Waals surface area contributed by atoms with Gasteiger partial charge in [-0.15, -0.1) is 0 Å². The highest BCUT2D eigenvalue weighted by molar-refractivity contribution is 7.89. The number of rotatable bonds is 4. The fraction of sp³-hybridized carbons (Fsp3) is 0.278. The van der Waals surface area contributed by atoms with Gasteiger partial charge in [-0.2, -0.15) is 13.5 Å². The van der Waals surface area contributed by atoms with Crippen molar-refractivity contribution in [2.24, 2.45) is 5.10 Å². The number of aryl methyl sites for hydroxylation is 1. The summed E-state index contributed by atoms with van der Waals surface area (Å²) in [5, 5.41) is 3.77. The van der Waals surface area contributed by atoms with Crippen molar-refractivity contribution >= 4 is 16.2 Å². The van der Waals surface area contributed by atoms with Crippen LogP contribution in [0.3, 0.4) is 0 Å². The van der Waals surface area contributed by atoms with E-state index < -0.39 is 10.0 Å². The SMILES string of the molecule is Cc1ccc(C(C)(C)C)cc1S(=O)(=O)N/N=C/c1ccc(F)cc1. The molecule has 0 aliphatic carbocycles. The summed E-state index contributed by atoms with van der Waals surface area (Å²) in [5.74, 6) is -0.359. The zero-order valence-corrected chi connectivity index (χ0v) is 15.0. The number of nitrogens with one attached hydrogen (secondary N) is 1. The first-order valence-electron chi connectivity index (χ1n) is 7.51. The lowest BCUT2D eigenvalue weighted by Crippen LogP contribution is -2.21. The summed E-state index contributed by atoms with van der Waals surface area (Å²) in [5.41, 5.74) is 2.01. The maximum absolute atomic E-state index is 12.8. The van der Waals surface area contributed by atoms with Gasteiger partial charge in [0.05, 0.1) is 11.1 Å². The van der Waals surface area contributed by atoms with Crippen molar-refractivity contribution in [3.8, 4) is 0 Å². The molecule has 24 heavy (non-hydrogen) atoms. The molecular weight excluding hydrogens is 327 g/mol. The molecule has 0 aliphatic heterocycles. The van der Waals surface area contributed by atoms with Gasteiger partial charge in [0.1, 0.15) is 5.82 Å². The standard InChI is InChI=1S/C18H21FN2O2S/c1-13-5-8-15(18(2,3)4)11-17(13)24(22,23)21-20-12-14-6-9-16(19)10-7-14/h5-12,21H,1-4H3/b20-12+. The van der Waals surface area contributed by atoms with Gasteiger partial charge in [0, 0.05) is 0 Å². The Morgan fingerprint density at radius 3 is 2.29 bits per heavy atom. The lowest BCUT2D eigenvalue weighted by Gasteiger charge is -2.20. The molecule has 0 aromatic heterocycles. The summed E-state index contributed by atoms with van der Waals surface area (Å²) in [6.45, 7) is 7.81. The third kappa shape index (κ3) is 4.41. The fourth-order valence-electron chi connectivity index (χ4n) is 2.12. The van der Waals surface area contributed by atoms with Crippen LogP contribution in [0.4, 0.5) is 4.39 Å². The van der Waals surface area contributed by atoms with E-state index in [2.05, 4.69) is 9.93 Å². The highest BCUT2D eigenvalue weighted by Crippen LogP contribution is 2.26. The van der Waals surface area contributed by atoms with Gasteiger partial charge in [0.25, 0.3) is 10.0 Å². The Labute approximate surface area is 142 Å². The smallest absolute Gasteiger partial charge is 0.207 e. The van der Waals surface area contributed by atoms with Crippen LogP contribution in [-0.4, -0.2) is 14.6 Å². The van der Waals surface area contributed by atoms with Crippen LogP contribution in [0.5, 0.6) is 0 Å². The van der Waals surface area contributed by atoms with Crippen LogP contribution in [-0.2, 0) is 15.4 Å². The summed E-state index contributed by atoms with van der Waals surface area (Å²) < 4.78 is 37.8. The van der Waals surface area contributed by atoms with Gasteiger partial charge in [0.15, 0.2) is 0 Å². The molecule has 0 bridgehead atoms. The van der Waals surface area contributed by atoms with Crippen molar-refractivity contribution in [3.63, 3.8) is 0 Å². The van der Waals surface area contributed by atoms with Crippen molar-refractivity contribution in [3.05, 3.63) is 65.0 Å². The van der Waals surface area contributed by atoms with Gasteiger partial charge in [-0.05, 0) is 47.2 Å². The second kappa shape index (κ2) is 6.73. The lowest BCUT2D eigenvalue weighted by atomic mass is 9.87. The van der Waals surface area contributed by atoms with Crippen molar-refractivity contribution in [1.82, 2.24) is 4.83 Å². The summed E-state index contributed by atoms with van der Waals surface area (Å²) in [6.07, 6.45) is 1.33. The van der Waals surface area contributed by atoms with E-state index in [9.17, 15) is 12.8 Å². The van der Waals surface area contributed by atoms with E-state index in [1.165, 1.54) is 30.5 Å². The molecule has 1 N–H and O–H groups in total. The molecular formula is C18H21FN2O2S. The number of hydrazone groups is 1. The second-order valence-corrected chi connectivity index (χ2v) is 8.26. The van der Waals surface area contributed by atoms with Crippen LogP contribution in [0, 0.1) is 12.7 Å². The Kier molecular flexibility index (Phi) is 5.08. The van der Waals surface area contributed by atoms with Crippen molar-refractivity contribution < 1.29 is 12.8 Å². The minimum absolute atomic E-state index is 0.157. The Bertz CT molecular complexity index is 852. The van der Waals surface area contributed by atoms with Crippen LogP contribution in [0.15, 0.2) is 52.5 Å². The summed E-state index contributed by atoms with van der Waals surface area (Å²) in [4.78, 5) is 2.41. The summed E-state index contributed by atoms with van der Waals surface area (Å²) >= 11 is 0. The van der Waals surface area contributed by atoms with Crippen LogP contribution in [0.1, 0.15) is 37.5 Å². The van der Waals surface area contributed by atoms with Crippen LogP contribution < -0.4 is 4.83 Å². The van der Waals surface area contributed by atoms with Crippen LogP contribution >= 0.6 is 0 Å². The minimum atomic E-state index is -3.77. The lowest BCUT2D eigenvalue weighted by molar-refractivity contribution is 0.577. The van der Waals surface area contributed by atoms with E-state index in [1.54, 1.807) is 19.1 Å². The van der Waals surface area contributed by atoms with Crippen LogP contribution in [0.2, 0.25) is 0 Å². The number of sulfonamides is 1. The largest absolute Gasteiger partial charge is 0.276 e. The first kappa shape index (κ1) is 18.1. The molecule has 0 radical (unpaired) electrons. The molecule has 0 atom stereocenters. The van der Waals surface area contributed by atoms with E-state index in [0.717, 1.165) is 5.56 Å². The third-order valence-corrected chi connectivity index (χ3v) is 4.96. The zero-order chi connectivity index (χ0) is 18.0. The van der Waals surface area contributed by atoms with Crippen molar-refractivity contribution in [1.29, 1.82) is 0 Å². The number of nitrogens with zero attached hydrogens (tertiary/aromatic N) is 1. The Hall–Kier alpha value is -2.21. The molecule has 2 aromatic carbocycles. The molecule has 2 rings (SSSR count). The molecule has 0 heterocycles. The molecule has 4 nitrogen and oxygen atoms in total. The van der Waals surface area contributed by atoms with E-state index in [4.69, 9.17) is 0 Å². The molecule has 0 aliphatic rings. The van der Waals surface area contributed by atoms with E-state index in [0.29, 0.717) is 11.1 Å². The highest BCUT2D eigenvalue weighted by Gasteiger charge is 2.20. The van der Waals surface area contributed by atoms with Gasteiger partial charge in [-0.1, -0.05) is 45.0 Å². The molecule has 128 valence electrons. The van der Waals surface area contributed by atoms with Crippen LogP contribution in [0.25, 0.3) is 0 Å². The number of benzene rings is 2. The van der Waals surface area contributed by atoms with E-state index in [1.807, 2.05) is 26.8 Å². The maximum atomic E-state index is 12.8. The molecule has 0 saturated carbocycles. The molecule has 0 saturated heterocycles. The minimum Gasteiger partial charge on any atom is -0.207 e. The van der Waals surface area contributed by atoms with Gasteiger partial charge in [0.2, 0.25) is 0 Å². The molecule has 0 fully saturated rings. The average molecular weight is 348 g/mol. The Morgan fingerprint density at radius 1 is 1.08 bits per heavy atom. The van der Waals surface area contributed by atoms with Crippen molar-refractivity contribution in [2.45, 2.75) is 38.0 Å². The number of hydrogen-bond donors (Lipinski definition) is 1. The van der Waals surface area contributed by atoms with Crippen molar-refractivity contribution in [2.75, 3.05) is 0 Å². The first-order chi connectivity index (χ1) is 11.1. The predicted molar refractivity (Wildman–Crippen MR) is 94.2 cm³/mol. The fourth-order valence-corrected chi connectivity index (χ4v) is 3.19. The molecule has 0 amide bonds. The number of halogens is 1. The van der Waals surface area contributed by atoms with Gasteiger partial charge < -0.3 is 0 Å².